The maximum Gasteiger partial charge on any atom is 0.416 e. The van der Waals surface area contributed by atoms with E-state index in [9.17, 15) is 13.2 Å². The van der Waals surface area contributed by atoms with E-state index in [1.165, 1.54) is 12.1 Å². The molecule has 0 aromatic heterocycles. The molecule has 1 fully saturated rings. The summed E-state index contributed by atoms with van der Waals surface area (Å²) in [7, 11) is 1.68. The normalized spacial score (nSPS) is 16.2. The fraction of sp³-hybridized carbons (Fsp3) is 0.438. The van der Waals surface area contributed by atoms with Crippen LogP contribution in [0.4, 0.5) is 18.9 Å². The lowest BCUT2D eigenvalue weighted by Gasteiger charge is -2.37. The summed E-state index contributed by atoms with van der Waals surface area (Å²) in [6, 6.07) is 5.43. The van der Waals surface area contributed by atoms with Crippen LogP contribution in [0.15, 0.2) is 29.3 Å². The fourth-order valence-electron chi connectivity index (χ4n) is 2.52. The molecule has 0 radical (unpaired) electrons. The molecule has 1 aliphatic heterocycles. The first-order valence-corrected chi connectivity index (χ1v) is 7.27. The summed E-state index contributed by atoms with van der Waals surface area (Å²) in [6.07, 6.45) is 0.902. The van der Waals surface area contributed by atoms with Crippen molar-refractivity contribution in [3.8, 4) is 12.3 Å². The van der Waals surface area contributed by atoms with Gasteiger partial charge in [-0.05, 0) is 18.2 Å². The van der Waals surface area contributed by atoms with Crippen LogP contribution in [-0.4, -0.2) is 50.6 Å². The van der Waals surface area contributed by atoms with Crippen molar-refractivity contribution in [2.45, 2.75) is 6.18 Å². The lowest BCUT2D eigenvalue weighted by atomic mass is 10.1. The Morgan fingerprint density at radius 2 is 2.00 bits per heavy atom. The number of nitrogens with one attached hydrogen (secondary N) is 1. The molecule has 23 heavy (non-hydrogen) atoms. The second kappa shape index (κ2) is 7.27. The molecule has 0 saturated carbocycles. The number of halogens is 3. The van der Waals surface area contributed by atoms with Gasteiger partial charge < -0.3 is 15.1 Å². The third kappa shape index (κ3) is 4.31. The van der Waals surface area contributed by atoms with Gasteiger partial charge in [-0.15, -0.1) is 6.42 Å². The summed E-state index contributed by atoms with van der Waals surface area (Å²) in [5, 5.41) is 3.04. The number of piperazine rings is 1. The highest BCUT2D eigenvalue weighted by Crippen LogP contribution is 2.31. The first-order chi connectivity index (χ1) is 11.0. The van der Waals surface area contributed by atoms with Crippen molar-refractivity contribution >= 4 is 11.6 Å². The molecule has 1 saturated heterocycles. The molecular weight excluding hydrogens is 305 g/mol. The van der Waals surface area contributed by atoms with E-state index in [-0.39, 0.29) is 0 Å². The van der Waals surface area contributed by atoms with E-state index >= 15 is 0 Å². The van der Waals surface area contributed by atoms with Crippen molar-refractivity contribution in [2.24, 2.45) is 4.99 Å². The average Bonchev–Trinajstić information content (AvgIpc) is 2.55. The molecule has 124 valence electrons. The van der Waals surface area contributed by atoms with Gasteiger partial charge in [-0.1, -0.05) is 12.0 Å². The predicted molar refractivity (Wildman–Crippen MR) is 85.4 cm³/mol. The first kappa shape index (κ1) is 17.0. The quantitative estimate of drug-likeness (QED) is 0.513. The van der Waals surface area contributed by atoms with Gasteiger partial charge in [-0.2, -0.15) is 13.2 Å². The summed E-state index contributed by atoms with van der Waals surface area (Å²) in [4.78, 5) is 8.15. The number of guanidine groups is 1. The van der Waals surface area contributed by atoms with Gasteiger partial charge in [0.25, 0.3) is 0 Å². The minimum atomic E-state index is -4.32. The van der Waals surface area contributed by atoms with Crippen molar-refractivity contribution in [2.75, 3.05) is 44.7 Å². The number of nitrogens with zero attached hydrogens (tertiary/aromatic N) is 3. The molecule has 0 unspecified atom stereocenters. The van der Waals surface area contributed by atoms with Crippen molar-refractivity contribution in [1.82, 2.24) is 10.2 Å². The second-order valence-corrected chi connectivity index (χ2v) is 5.13. The third-order valence-corrected chi connectivity index (χ3v) is 3.68. The zero-order chi connectivity index (χ0) is 16.9. The Bertz CT molecular complexity index is 596. The molecule has 1 aliphatic rings. The molecule has 1 heterocycles. The third-order valence-electron chi connectivity index (χ3n) is 3.68. The number of hydrogen-bond donors (Lipinski definition) is 1. The molecule has 0 bridgehead atoms. The predicted octanol–water partition coefficient (Wildman–Crippen LogP) is 2.04. The lowest BCUT2D eigenvalue weighted by Crippen LogP contribution is -2.52. The second-order valence-electron chi connectivity index (χ2n) is 5.13. The van der Waals surface area contributed by atoms with Crippen molar-refractivity contribution in [1.29, 1.82) is 0 Å². The molecule has 1 N–H and O–H groups in total. The molecule has 2 rings (SSSR count). The van der Waals surface area contributed by atoms with E-state index in [2.05, 4.69) is 16.2 Å². The molecule has 0 aliphatic carbocycles. The lowest BCUT2D eigenvalue weighted by molar-refractivity contribution is -0.137. The van der Waals surface area contributed by atoms with Crippen LogP contribution in [-0.2, 0) is 6.18 Å². The molecule has 0 atom stereocenters. The van der Waals surface area contributed by atoms with Crippen LogP contribution in [0, 0.1) is 12.3 Å². The van der Waals surface area contributed by atoms with Gasteiger partial charge in [-0.25, -0.2) is 0 Å². The Kier molecular flexibility index (Phi) is 5.37. The zero-order valence-electron chi connectivity index (χ0n) is 12.9. The van der Waals surface area contributed by atoms with Gasteiger partial charge in [0.05, 0.1) is 12.1 Å². The Morgan fingerprint density at radius 3 is 2.57 bits per heavy atom. The van der Waals surface area contributed by atoms with Crippen LogP contribution < -0.4 is 10.2 Å². The molecule has 1 aromatic carbocycles. The molecular formula is C16H19F3N4. The standard InChI is InChI=1S/C16H19F3N4/c1-3-7-21-15(20-2)23-10-8-22(9-11-23)14-6-4-5-13(12-14)16(17,18)19/h1,4-6,12H,7-11H2,2H3,(H,20,21). The molecule has 0 spiro atoms. The smallest absolute Gasteiger partial charge is 0.368 e. The maximum atomic E-state index is 12.8. The number of terminal acetylenes is 1. The van der Waals surface area contributed by atoms with Gasteiger partial charge >= 0.3 is 6.18 Å². The van der Waals surface area contributed by atoms with Crippen LogP contribution in [0.2, 0.25) is 0 Å². The van der Waals surface area contributed by atoms with Gasteiger partial charge in [0.15, 0.2) is 5.96 Å². The number of benzene rings is 1. The van der Waals surface area contributed by atoms with E-state index in [1.54, 1.807) is 13.1 Å². The maximum absolute atomic E-state index is 12.8. The minimum Gasteiger partial charge on any atom is -0.368 e. The summed E-state index contributed by atoms with van der Waals surface area (Å²) in [5.74, 6) is 3.21. The highest BCUT2D eigenvalue weighted by Gasteiger charge is 2.31. The van der Waals surface area contributed by atoms with Crippen LogP contribution in [0.5, 0.6) is 0 Å². The minimum absolute atomic E-state index is 0.389. The highest BCUT2D eigenvalue weighted by atomic mass is 19.4. The molecule has 7 heteroatoms. The van der Waals surface area contributed by atoms with Crippen molar-refractivity contribution < 1.29 is 13.2 Å². The first-order valence-electron chi connectivity index (χ1n) is 7.27. The number of alkyl halides is 3. The van der Waals surface area contributed by atoms with Crippen LogP contribution in [0.1, 0.15) is 5.56 Å². The Labute approximate surface area is 134 Å². The summed E-state index contributed by atoms with van der Waals surface area (Å²) in [5.41, 5.74) is -0.0324. The summed E-state index contributed by atoms with van der Waals surface area (Å²) < 4.78 is 38.4. The van der Waals surface area contributed by atoms with E-state index in [4.69, 9.17) is 6.42 Å². The van der Waals surface area contributed by atoms with Gasteiger partial charge in [0.2, 0.25) is 0 Å². The van der Waals surface area contributed by atoms with Crippen LogP contribution in [0.3, 0.4) is 0 Å². The number of hydrogen-bond acceptors (Lipinski definition) is 2. The topological polar surface area (TPSA) is 30.9 Å². The Hall–Kier alpha value is -2.36. The Balaban J connectivity index is 2.01. The van der Waals surface area contributed by atoms with E-state index in [0.29, 0.717) is 44.4 Å². The summed E-state index contributed by atoms with van der Waals surface area (Å²) in [6.45, 7) is 2.97. The number of anilines is 1. The zero-order valence-corrected chi connectivity index (χ0v) is 12.9. The van der Waals surface area contributed by atoms with Crippen molar-refractivity contribution in [3.05, 3.63) is 29.8 Å². The summed E-state index contributed by atoms with van der Waals surface area (Å²) >= 11 is 0. The van der Waals surface area contributed by atoms with Gasteiger partial charge in [-0.3, -0.25) is 4.99 Å². The van der Waals surface area contributed by atoms with Crippen LogP contribution in [0.25, 0.3) is 0 Å². The molecule has 4 nitrogen and oxygen atoms in total. The average molecular weight is 324 g/mol. The number of aliphatic imine (C=N–C) groups is 1. The van der Waals surface area contributed by atoms with Crippen molar-refractivity contribution in [3.63, 3.8) is 0 Å². The monoisotopic (exact) mass is 324 g/mol. The van der Waals surface area contributed by atoms with E-state index in [1.807, 2.05) is 9.80 Å². The van der Waals surface area contributed by atoms with E-state index < -0.39 is 11.7 Å². The largest absolute Gasteiger partial charge is 0.416 e. The molecule has 1 aromatic rings. The molecule has 0 amide bonds. The fourth-order valence-corrected chi connectivity index (χ4v) is 2.52. The number of rotatable bonds is 2. The van der Waals surface area contributed by atoms with Gasteiger partial charge in [0.1, 0.15) is 0 Å². The van der Waals surface area contributed by atoms with Gasteiger partial charge in [0, 0.05) is 38.9 Å². The SMILES string of the molecule is C#CCNC(=NC)N1CCN(c2cccc(C(F)(F)F)c2)CC1. The van der Waals surface area contributed by atoms with E-state index in [0.717, 1.165) is 6.07 Å². The van der Waals surface area contributed by atoms with Crippen LogP contribution >= 0.6 is 0 Å². The Morgan fingerprint density at radius 1 is 1.30 bits per heavy atom. The highest BCUT2D eigenvalue weighted by molar-refractivity contribution is 5.80.